The number of nitrogens with one attached hydrogen (secondary N) is 1. The molecule has 0 radical (unpaired) electrons. The predicted octanol–water partition coefficient (Wildman–Crippen LogP) is 6.68. The van der Waals surface area contributed by atoms with E-state index in [1.807, 2.05) is 62.4 Å². The van der Waals surface area contributed by atoms with Crippen LogP contribution in [0.1, 0.15) is 16.7 Å². The van der Waals surface area contributed by atoms with Gasteiger partial charge < -0.3 is 5.32 Å². The van der Waals surface area contributed by atoms with Crippen LogP contribution in [0.5, 0.6) is 0 Å². The van der Waals surface area contributed by atoms with Gasteiger partial charge in [-0.2, -0.15) is 5.26 Å². The molecule has 1 unspecified atom stereocenters. The second-order valence-corrected chi connectivity index (χ2v) is 10.2. The lowest BCUT2D eigenvalue weighted by Crippen LogP contribution is -2.30. The average molecular weight is 522 g/mol. The summed E-state index contributed by atoms with van der Waals surface area (Å²) in [6.45, 7) is 3.90. The minimum atomic E-state index is -0.570. The molecule has 3 aromatic rings. The third kappa shape index (κ3) is 5.54. The molecule has 4 rings (SSSR count). The molecule has 0 spiro atoms. The van der Waals surface area contributed by atoms with Crippen LogP contribution >= 0.6 is 35.0 Å². The lowest BCUT2D eigenvalue weighted by atomic mass is 10.1. The second kappa shape index (κ2) is 10.6. The summed E-state index contributed by atoms with van der Waals surface area (Å²) in [5.41, 5.74) is 3.95. The third-order valence-electron chi connectivity index (χ3n) is 5.51. The minimum absolute atomic E-state index is 0.124. The van der Waals surface area contributed by atoms with Gasteiger partial charge in [0.25, 0.3) is 5.91 Å². The van der Waals surface area contributed by atoms with Crippen LogP contribution in [-0.2, 0) is 16.0 Å². The molecule has 176 valence electrons. The molecule has 1 fully saturated rings. The zero-order chi connectivity index (χ0) is 25.1. The number of amides is 2. The number of hydrogen-bond acceptors (Lipinski definition) is 4. The van der Waals surface area contributed by atoms with Crippen molar-refractivity contribution in [2.45, 2.75) is 25.5 Å². The van der Waals surface area contributed by atoms with E-state index in [0.717, 1.165) is 16.7 Å². The molecule has 1 heterocycles. The SMILES string of the molecule is Cc1ccc(NC(=O)/C(C#N)=C2\SC(Cc3ccc(Cl)c(Cl)c3)C(=O)N2c2ccc(C)cc2)cc1. The van der Waals surface area contributed by atoms with Gasteiger partial charge in [-0.05, 0) is 62.2 Å². The second-order valence-electron chi connectivity index (χ2n) is 8.18. The molecule has 1 aliphatic rings. The molecule has 1 saturated heterocycles. The summed E-state index contributed by atoms with van der Waals surface area (Å²) < 4.78 is 0. The number of rotatable bonds is 5. The maximum Gasteiger partial charge on any atom is 0.269 e. The standard InChI is InChI=1S/C27H21Cl2N3O2S/c1-16-3-8-19(9-4-16)31-25(33)21(15-30)27-32(20-10-5-17(2)6-11-20)26(34)24(35-27)14-18-7-12-22(28)23(29)13-18/h3-13,24H,14H2,1-2H3,(H,31,33)/b27-21-. The molecule has 0 bridgehead atoms. The van der Waals surface area contributed by atoms with Crippen molar-refractivity contribution in [2.24, 2.45) is 0 Å². The number of nitrogens with zero attached hydrogens (tertiary/aromatic N) is 2. The quantitative estimate of drug-likeness (QED) is 0.300. The first-order valence-electron chi connectivity index (χ1n) is 10.8. The zero-order valence-corrected chi connectivity index (χ0v) is 21.3. The molecular formula is C27H21Cl2N3O2S. The van der Waals surface area contributed by atoms with Gasteiger partial charge in [0.05, 0.1) is 15.3 Å². The number of halogens is 2. The normalized spacial score (nSPS) is 16.7. The molecule has 2 amide bonds. The fourth-order valence-electron chi connectivity index (χ4n) is 3.63. The maximum atomic E-state index is 13.6. The first-order chi connectivity index (χ1) is 16.8. The van der Waals surface area contributed by atoms with Gasteiger partial charge in [-0.3, -0.25) is 14.5 Å². The van der Waals surface area contributed by atoms with Crippen LogP contribution in [-0.4, -0.2) is 17.1 Å². The molecule has 35 heavy (non-hydrogen) atoms. The molecule has 1 aliphatic heterocycles. The van der Waals surface area contributed by atoms with Crippen molar-refractivity contribution in [1.29, 1.82) is 5.26 Å². The summed E-state index contributed by atoms with van der Waals surface area (Å²) in [5.74, 6) is -0.783. The molecular weight excluding hydrogens is 501 g/mol. The fraction of sp³-hybridized carbons (Fsp3) is 0.148. The van der Waals surface area contributed by atoms with Crippen LogP contribution in [0, 0.1) is 25.2 Å². The first kappa shape index (κ1) is 24.9. The molecule has 0 saturated carbocycles. The lowest BCUT2D eigenvalue weighted by Gasteiger charge is -2.19. The van der Waals surface area contributed by atoms with E-state index in [1.54, 1.807) is 24.3 Å². The van der Waals surface area contributed by atoms with Gasteiger partial charge in [0, 0.05) is 11.4 Å². The van der Waals surface area contributed by atoms with E-state index >= 15 is 0 Å². The predicted molar refractivity (Wildman–Crippen MR) is 143 cm³/mol. The molecule has 0 aliphatic carbocycles. The lowest BCUT2D eigenvalue weighted by molar-refractivity contribution is -0.117. The van der Waals surface area contributed by atoms with Crippen molar-refractivity contribution in [3.05, 3.63) is 104 Å². The van der Waals surface area contributed by atoms with Crippen molar-refractivity contribution in [3.63, 3.8) is 0 Å². The highest BCUT2D eigenvalue weighted by Crippen LogP contribution is 2.42. The van der Waals surface area contributed by atoms with Gasteiger partial charge in [-0.25, -0.2) is 0 Å². The van der Waals surface area contributed by atoms with Crippen molar-refractivity contribution in [3.8, 4) is 6.07 Å². The van der Waals surface area contributed by atoms with E-state index in [4.69, 9.17) is 23.2 Å². The van der Waals surface area contributed by atoms with Gasteiger partial charge in [0.1, 0.15) is 16.7 Å². The Balaban J connectivity index is 1.72. The van der Waals surface area contributed by atoms with Crippen molar-refractivity contribution < 1.29 is 9.59 Å². The first-order valence-corrected chi connectivity index (χ1v) is 12.4. The van der Waals surface area contributed by atoms with E-state index in [1.165, 1.54) is 16.7 Å². The van der Waals surface area contributed by atoms with Gasteiger partial charge in [-0.1, -0.05) is 76.4 Å². The third-order valence-corrected chi connectivity index (χ3v) is 7.51. The van der Waals surface area contributed by atoms with Crippen LogP contribution in [0.25, 0.3) is 0 Å². The van der Waals surface area contributed by atoms with Crippen LogP contribution in [0.15, 0.2) is 77.3 Å². The van der Waals surface area contributed by atoms with E-state index in [2.05, 4.69) is 5.32 Å². The number of benzene rings is 3. The number of anilines is 2. The minimum Gasteiger partial charge on any atom is -0.321 e. The monoisotopic (exact) mass is 521 g/mol. The van der Waals surface area contributed by atoms with Crippen molar-refractivity contribution in [2.75, 3.05) is 10.2 Å². The number of thioether (sulfide) groups is 1. The Labute approximate surface area is 218 Å². The Kier molecular flexibility index (Phi) is 7.51. The molecule has 1 N–H and O–H groups in total. The van der Waals surface area contributed by atoms with E-state index < -0.39 is 11.2 Å². The molecule has 0 aromatic heterocycles. The molecule has 3 aromatic carbocycles. The van der Waals surface area contributed by atoms with Crippen LogP contribution in [0.2, 0.25) is 10.0 Å². The summed E-state index contributed by atoms with van der Waals surface area (Å²) in [4.78, 5) is 28.2. The Morgan fingerprint density at radius 1 is 1.00 bits per heavy atom. The highest BCUT2D eigenvalue weighted by Gasteiger charge is 2.40. The van der Waals surface area contributed by atoms with Gasteiger partial charge in [0.15, 0.2) is 0 Å². The van der Waals surface area contributed by atoms with E-state index in [0.29, 0.717) is 32.9 Å². The summed E-state index contributed by atoms with van der Waals surface area (Å²) in [5, 5.41) is 13.3. The summed E-state index contributed by atoms with van der Waals surface area (Å²) in [6, 6.07) is 21.9. The number of hydrogen-bond donors (Lipinski definition) is 1. The number of carbonyl (C=O) groups is 2. The van der Waals surface area contributed by atoms with Crippen molar-refractivity contribution >= 4 is 58.2 Å². The van der Waals surface area contributed by atoms with Crippen LogP contribution in [0.3, 0.4) is 0 Å². The highest BCUT2D eigenvalue weighted by molar-refractivity contribution is 8.05. The summed E-state index contributed by atoms with van der Waals surface area (Å²) in [7, 11) is 0. The van der Waals surface area contributed by atoms with E-state index in [-0.39, 0.29) is 11.5 Å². The van der Waals surface area contributed by atoms with Crippen molar-refractivity contribution in [1.82, 2.24) is 0 Å². The molecule has 1 atom stereocenters. The largest absolute Gasteiger partial charge is 0.321 e. The smallest absolute Gasteiger partial charge is 0.269 e. The highest BCUT2D eigenvalue weighted by atomic mass is 35.5. The van der Waals surface area contributed by atoms with Gasteiger partial charge >= 0.3 is 0 Å². The maximum absolute atomic E-state index is 13.6. The van der Waals surface area contributed by atoms with E-state index in [9.17, 15) is 14.9 Å². The number of nitriles is 1. The van der Waals surface area contributed by atoms with Gasteiger partial charge in [0.2, 0.25) is 5.91 Å². The fourth-order valence-corrected chi connectivity index (χ4v) is 5.26. The average Bonchev–Trinajstić information content (AvgIpc) is 3.14. The summed E-state index contributed by atoms with van der Waals surface area (Å²) in [6.07, 6.45) is 0.366. The Morgan fingerprint density at radius 2 is 1.63 bits per heavy atom. The Bertz CT molecular complexity index is 1360. The topological polar surface area (TPSA) is 73.2 Å². The Morgan fingerprint density at radius 3 is 2.23 bits per heavy atom. The van der Waals surface area contributed by atoms with Crippen LogP contribution in [0.4, 0.5) is 11.4 Å². The summed E-state index contributed by atoms with van der Waals surface area (Å²) >= 11 is 13.4. The molecule has 8 heteroatoms. The van der Waals surface area contributed by atoms with Crippen LogP contribution < -0.4 is 10.2 Å². The van der Waals surface area contributed by atoms with Gasteiger partial charge in [-0.15, -0.1) is 0 Å². The number of carbonyl (C=O) groups excluding carboxylic acids is 2. The Hall–Kier alpha value is -3.24. The molecule has 5 nitrogen and oxygen atoms in total. The number of aryl methyl sites for hydroxylation is 2. The zero-order valence-electron chi connectivity index (χ0n) is 19.0.